The van der Waals surface area contributed by atoms with Gasteiger partial charge < -0.3 is 14.3 Å². The summed E-state index contributed by atoms with van der Waals surface area (Å²) in [6.07, 6.45) is 8.14. The number of carbonyl (C=O) groups excluding carboxylic acids is 1. The first kappa shape index (κ1) is 21.4. The van der Waals surface area contributed by atoms with E-state index >= 15 is 0 Å². The number of quaternary nitrogens is 1. The van der Waals surface area contributed by atoms with E-state index in [1.165, 1.54) is 19.3 Å². The maximum absolute atomic E-state index is 12.2. The smallest absolute Gasteiger partial charge is 0.309 e. The Kier molecular flexibility index (Phi) is 11.6. The van der Waals surface area contributed by atoms with Crippen molar-refractivity contribution in [1.82, 2.24) is 0 Å². The van der Waals surface area contributed by atoms with E-state index in [0.29, 0.717) is 11.0 Å². The zero-order valence-electron chi connectivity index (χ0n) is 15.4. The summed E-state index contributed by atoms with van der Waals surface area (Å²) in [6, 6.07) is 0. The van der Waals surface area contributed by atoms with Crippen LogP contribution in [-0.2, 0) is 9.53 Å². The lowest BCUT2D eigenvalue weighted by atomic mass is 9.95. The molecule has 0 aromatic carbocycles. The molecule has 0 radical (unpaired) electrons. The lowest BCUT2D eigenvalue weighted by Gasteiger charge is -2.26. The van der Waals surface area contributed by atoms with Crippen molar-refractivity contribution < 1.29 is 19.1 Å². The average molecular weight is 317 g/mol. The second kappa shape index (κ2) is 11.9. The number of rotatable bonds is 13. The number of likely N-dealkylation sites (N-methyl/N-ethyl adjacent to an activating group) is 1. The fraction of sp³-hybridized carbons (Fsp3) is 0.944. The molecule has 4 nitrogen and oxygen atoms in total. The molecular formula is C18H38NO3+. The topological polar surface area (TPSA) is 46.5 Å². The highest BCUT2D eigenvalue weighted by molar-refractivity contribution is 5.72. The summed E-state index contributed by atoms with van der Waals surface area (Å²) in [5.74, 6) is -0.112. The molecule has 0 saturated carbocycles. The lowest BCUT2D eigenvalue weighted by molar-refractivity contribution is -0.873. The minimum Gasteiger partial charge on any atom is -0.462 e. The molecular weight excluding hydrogens is 278 g/mol. The van der Waals surface area contributed by atoms with Gasteiger partial charge in [-0.3, -0.25) is 4.79 Å². The van der Waals surface area contributed by atoms with Gasteiger partial charge in [0, 0.05) is 0 Å². The van der Waals surface area contributed by atoms with Crippen LogP contribution >= 0.6 is 0 Å². The van der Waals surface area contributed by atoms with E-state index in [9.17, 15) is 9.90 Å². The Morgan fingerprint density at radius 2 is 1.59 bits per heavy atom. The number of ether oxygens (including phenoxy) is 1. The zero-order valence-corrected chi connectivity index (χ0v) is 15.4. The first-order chi connectivity index (χ1) is 10.3. The van der Waals surface area contributed by atoms with Crippen LogP contribution < -0.4 is 0 Å². The summed E-state index contributed by atoms with van der Waals surface area (Å²) >= 11 is 0. The SMILES string of the molecule is CCCCCCC(CCCC)C(=O)OCC(O)C[N+](C)(C)C. The summed E-state index contributed by atoms with van der Waals surface area (Å²) in [5.41, 5.74) is 0. The van der Waals surface area contributed by atoms with Crippen molar-refractivity contribution >= 4 is 5.97 Å². The minimum absolute atomic E-state index is 0.00753. The molecule has 4 heteroatoms. The van der Waals surface area contributed by atoms with Crippen LogP contribution in [0.4, 0.5) is 0 Å². The second-order valence-corrected chi connectivity index (χ2v) is 7.45. The summed E-state index contributed by atoms with van der Waals surface area (Å²) in [4.78, 5) is 12.2. The maximum atomic E-state index is 12.2. The van der Waals surface area contributed by atoms with E-state index in [0.717, 1.165) is 32.1 Å². The van der Waals surface area contributed by atoms with Crippen LogP contribution in [0.3, 0.4) is 0 Å². The number of hydrogen-bond acceptors (Lipinski definition) is 3. The van der Waals surface area contributed by atoms with Gasteiger partial charge in [0.1, 0.15) is 19.3 Å². The Morgan fingerprint density at radius 1 is 1.00 bits per heavy atom. The van der Waals surface area contributed by atoms with Crippen molar-refractivity contribution in [2.45, 2.75) is 71.3 Å². The number of nitrogens with zero attached hydrogens (tertiary/aromatic N) is 1. The molecule has 0 fully saturated rings. The molecule has 0 aliphatic heterocycles. The number of aliphatic hydroxyl groups excluding tert-OH is 1. The Hall–Kier alpha value is -0.610. The van der Waals surface area contributed by atoms with Gasteiger partial charge in [-0.1, -0.05) is 52.4 Å². The summed E-state index contributed by atoms with van der Waals surface area (Å²) in [7, 11) is 6.05. The summed E-state index contributed by atoms with van der Waals surface area (Å²) in [5, 5.41) is 9.94. The first-order valence-electron chi connectivity index (χ1n) is 8.95. The lowest BCUT2D eigenvalue weighted by Crippen LogP contribution is -2.43. The van der Waals surface area contributed by atoms with Crippen LogP contribution in [0.25, 0.3) is 0 Å². The van der Waals surface area contributed by atoms with Crippen LogP contribution in [0.15, 0.2) is 0 Å². The fourth-order valence-electron chi connectivity index (χ4n) is 2.63. The predicted molar refractivity (Wildman–Crippen MR) is 91.6 cm³/mol. The highest BCUT2D eigenvalue weighted by atomic mass is 16.5. The van der Waals surface area contributed by atoms with E-state index in [-0.39, 0.29) is 18.5 Å². The maximum Gasteiger partial charge on any atom is 0.309 e. The second-order valence-electron chi connectivity index (χ2n) is 7.45. The van der Waals surface area contributed by atoms with Crippen LogP contribution in [0.5, 0.6) is 0 Å². The average Bonchev–Trinajstić information content (AvgIpc) is 2.42. The van der Waals surface area contributed by atoms with Gasteiger partial charge in [0.15, 0.2) is 0 Å². The highest BCUT2D eigenvalue weighted by Gasteiger charge is 2.22. The monoisotopic (exact) mass is 316 g/mol. The van der Waals surface area contributed by atoms with Gasteiger partial charge in [0.25, 0.3) is 0 Å². The van der Waals surface area contributed by atoms with Crippen molar-refractivity contribution in [1.29, 1.82) is 0 Å². The third-order valence-corrected chi connectivity index (χ3v) is 3.82. The van der Waals surface area contributed by atoms with E-state index in [4.69, 9.17) is 4.74 Å². The van der Waals surface area contributed by atoms with Crippen molar-refractivity contribution in [3.8, 4) is 0 Å². The molecule has 0 aromatic rings. The molecule has 2 atom stereocenters. The van der Waals surface area contributed by atoms with Gasteiger partial charge in [0.05, 0.1) is 27.1 Å². The molecule has 0 aromatic heterocycles. The summed E-state index contributed by atoms with van der Waals surface area (Å²) < 4.78 is 6.03. The van der Waals surface area contributed by atoms with Gasteiger partial charge in [-0.2, -0.15) is 0 Å². The quantitative estimate of drug-likeness (QED) is 0.322. The Balaban J connectivity index is 4.19. The number of hydrogen-bond donors (Lipinski definition) is 1. The highest BCUT2D eigenvalue weighted by Crippen LogP contribution is 2.19. The molecule has 0 heterocycles. The third kappa shape index (κ3) is 12.0. The molecule has 0 aliphatic rings. The van der Waals surface area contributed by atoms with E-state index < -0.39 is 6.10 Å². The van der Waals surface area contributed by atoms with Crippen molar-refractivity contribution in [3.05, 3.63) is 0 Å². The van der Waals surface area contributed by atoms with Crippen molar-refractivity contribution in [3.63, 3.8) is 0 Å². The summed E-state index contributed by atoms with van der Waals surface area (Å²) in [6.45, 7) is 5.04. The Morgan fingerprint density at radius 3 is 2.14 bits per heavy atom. The van der Waals surface area contributed by atoms with Crippen LogP contribution in [0, 0.1) is 5.92 Å². The van der Waals surface area contributed by atoms with Gasteiger partial charge in [-0.05, 0) is 12.8 Å². The zero-order chi connectivity index (χ0) is 17.0. The van der Waals surface area contributed by atoms with Crippen LogP contribution in [-0.4, -0.2) is 56.0 Å². The molecule has 0 aliphatic carbocycles. The number of aliphatic hydroxyl groups is 1. The van der Waals surface area contributed by atoms with Gasteiger partial charge in [0.2, 0.25) is 0 Å². The van der Waals surface area contributed by atoms with Gasteiger partial charge in [-0.15, -0.1) is 0 Å². The van der Waals surface area contributed by atoms with Crippen LogP contribution in [0.2, 0.25) is 0 Å². The molecule has 22 heavy (non-hydrogen) atoms. The minimum atomic E-state index is -0.587. The van der Waals surface area contributed by atoms with Crippen molar-refractivity contribution in [2.24, 2.45) is 5.92 Å². The molecule has 132 valence electrons. The third-order valence-electron chi connectivity index (χ3n) is 3.82. The molecule has 0 saturated heterocycles. The number of esters is 1. The largest absolute Gasteiger partial charge is 0.462 e. The van der Waals surface area contributed by atoms with E-state index in [1.807, 2.05) is 21.1 Å². The van der Waals surface area contributed by atoms with Gasteiger partial charge in [-0.25, -0.2) is 0 Å². The van der Waals surface area contributed by atoms with E-state index in [1.54, 1.807) is 0 Å². The molecule has 0 rings (SSSR count). The molecule has 1 N–H and O–H groups in total. The normalized spacial score (nSPS) is 14.6. The number of unbranched alkanes of at least 4 members (excludes halogenated alkanes) is 4. The predicted octanol–water partition coefficient (Wildman–Crippen LogP) is 3.37. The van der Waals surface area contributed by atoms with E-state index in [2.05, 4.69) is 13.8 Å². The Labute approximate surface area is 137 Å². The number of carbonyl (C=O) groups is 1. The van der Waals surface area contributed by atoms with Crippen LogP contribution in [0.1, 0.15) is 65.2 Å². The Bertz CT molecular complexity index is 287. The first-order valence-corrected chi connectivity index (χ1v) is 8.95. The molecule has 0 amide bonds. The molecule has 0 spiro atoms. The molecule has 0 bridgehead atoms. The van der Waals surface area contributed by atoms with Gasteiger partial charge >= 0.3 is 5.97 Å². The molecule has 2 unspecified atom stereocenters. The van der Waals surface area contributed by atoms with Crippen molar-refractivity contribution in [2.75, 3.05) is 34.3 Å². The fourth-order valence-corrected chi connectivity index (χ4v) is 2.63. The standard InChI is InChI=1S/C18H38NO3/c1-6-8-10-11-13-16(12-9-7-2)18(21)22-15-17(20)14-19(3,4)5/h16-17,20H,6-15H2,1-5H3/q+1.